The van der Waals surface area contributed by atoms with Crippen LogP contribution in [0.15, 0.2) is 0 Å². The predicted octanol–water partition coefficient (Wildman–Crippen LogP) is 0.918. The Morgan fingerprint density at radius 1 is 1.50 bits per heavy atom. The molecule has 0 bridgehead atoms. The highest BCUT2D eigenvalue weighted by atomic mass is 19.4. The third-order valence-corrected chi connectivity index (χ3v) is 1.52. The lowest BCUT2D eigenvalue weighted by Gasteiger charge is -2.11. The van der Waals surface area contributed by atoms with Gasteiger partial charge in [0.1, 0.15) is 6.04 Å². The number of amides is 1. The van der Waals surface area contributed by atoms with E-state index in [0.29, 0.717) is 0 Å². The summed E-state index contributed by atoms with van der Waals surface area (Å²) >= 11 is 0. The lowest BCUT2D eigenvalue weighted by molar-refractivity contribution is -0.143. The number of carboxylic acids is 1. The summed E-state index contributed by atoms with van der Waals surface area (Å²) in [4.78, 5) is 20.2. The Morgan fingerprint density at radius 2 is 2.07 bits per heavy atom. The summed E-state index contributed by atoms with van der Waals surface area (Å²) < 4.78 is 35.0. The quantitative estimate of drug-likeness (QED) is 0.644. The number of carbonyl (C=O) groups excluding carboxylic acids is 1. The first kappa shape index (κ1) is 12.7. The van der Waals surface area contributed by atoms with E-state index in [-0.39, 0.29) is 19.3 Å². The van der Waals surface area contributed by atoms with Gasteiger partial charge in [0.2, 0.25) is 6.41 Å². The van der Waals surface area contributed by atoms with Crippen molar-refractivity contribution >= 4 is 12.4 Å². The Bertz CT molecular complexity index is 205. The highest BCUT2D eigenvalue weighted by Crippen LogP contribution is 2.22. The van der Waals surface area contributed by atoms with Crippen LogP contribution < -0.4 is 5.32 Å². The molecule has 1 unspecified atom stereocenters. The third-order valence-electron chi connectivity index (χ3n) is 1.52. The van der Waals surface area contributed by atoms with Crippen molar-refractivity contribution in [3.63, 3.8) is 0 Å². The van der Waals surface area contributed by atoms with Gasteiger partial charge in [0, 0.05) is 6.42 Å². The van der Waals surface area contributed by atoms with Crippen LogP contribution in [-0.4, -0.2) is 29.7 Å². The van der Waals surface area contributed by atoms with Gasteiger partial charge in [0.05, 0.1) is 0 Å². The zero-order valence-electron chi connectivity index (χ0n) is 7.17. The van der Waals surface area contributed by atoms with Crippen molar-refractivity contribution in [1.29, 1.82) is 0 Å². The lowest BCUT2D eigenvalue weighted by atomic mass is 10.1. The van der Waals surface area contributed by atoms with Gasteiger partial charge in [-0.1, -0.05) is 0 Å². The molecule has 0 saturated heterocycles. The van der Waals surface area contributed by atoms with Crippen LogP contribution in [0.5, 0.6) is 0 Å². The molecular formula is C7H10F3NO3. The third kappa shape index (κ3) is 6.27. The lowest BCUT2D eigenvalue weighted by Crippen LogP contribution is -2.35. The monoisotopic (exact) mass is 213 g/mol. The summed E-state index contributed by atoms with van der Waals surface area (Å²) in [5.41, 5.74) is 0. The molecule has 0 fully saturated rings. The van der Waals surface area contributed by atoms with Gasteiger partial charge in [-0.3, -0.25) is 4.79 Å². The Labute approximate surface area is 78.1 Å². The fourth-order valence-electron chi connectivity index (χ4n) is 0.867. The van der Waals surface area contributed by atoms with Crippen molar-refractivity contribution in [2.24, 2.45) is 0 Å². The Kier molecular flexibility index (Phi) is 4.96. The summed E-state index contributed by atoms with van der Waals surface area (Å²) in [5.74, 6) is -1.33. The van der Waals surface area contributed by atoms with E-state index in [2.05, 4.69) is 0 Å². The van der Waals surface area contributed by atoms with Crippen LogP contribution in [0.4, 0.5) is 13.2 Å². The fraction of sp³-hybridized carbons (Fsp3) is 0.714. The SMILES string of the molecule is O=CNC(CCCC(F)(F)F)C(=O)O. The first-order valence-corrected chi connectivity index (χ1v) is 3.86. The van der Waals surface area contributed by atoms with Gasteiger partial charge in [0.15, 0.2) is 0 Å². The molecule has 1 atom stereocenters. The molecule has 0 aromatic rings. The molecule has 0 aliphatic rings. The van der Waals surface area contributed by atoms with Crippen LogP contribution in [-0.2, 0) is 9.59 Å². The number of hydrogen-bond acceptors (Lipinski definition) is 2. The van der Waals surface area contributed by atoms with Crippen molar-refractivity contribution < 1.29 is 27.9 Å². The summed E-state index contributed by atoms with van der Waals surface area (Å²) in [6, 6.07) is -1.24. The predicted molar refractivity (Wildman–Crippen MR) is 40.5 cm³/mol. The van der Waals surface area contributed by atoms with E-state index in [1.54, 1.807) is 0 Å². The molecule has 14 heavy (non-hydrogen) atoms. The smallest absolute Gasteiger partial charge is 0.389 e. The molecule has 0 radical (unpaired) electrons. The van der Waals surface area contributed by atoms with Gasteiger partial charge >= 0.3 is 12.1 Å². The van der Waals surface area contributed by atoms with Crippen LogP contribution in [0.2, 0.25) is 0 Å². The average molecular weight is 213 g/mol. The van der Waals surface area contributed by atoms with E-state index in [0.717, 1.165) is 0 Å². The maximum atomic E-state index is 11.7. The number of carbonyl (C=O) groups is 2. The van der Waals surface area contributed by atoms with Gasteiger partial charge < -0.3 is 10.4 Å². The summed E-state index contributed by atoms with van der Waals surface area (Å²) in [7, 11) is 0. The minimum absolute atomic E-state index is 0.159. The molecule has 0 rings (SSSR count). The Hall–Kier alpha value is -1.27. The van der Waals surface area contributed by atoms with Crippen LogP contribution >= 0.6 is 0 Å². The van der Waals surface area contributed by atoms with Gasteiger partial charge in [-0.15, -0.1) is 0 Å². The molecule has 1 amide bonds. The fourth-order valence-corrected chi connectivity index (χ4v) is 0.867. The number of nitrogens with one attached hydrogen (secondary N) is 1. The maximum absolute atomic E-state index is 11.7. The van der Waals surface area contributed by atoms with Gasteiger partial charge in [-0.2, -0.15) is 13.2 Å². The zero-order chi connectivity index (χ0) is 11.2. The molecule has 7 heteroatoms. The van der Waals surface area contributed by atoms with Crippen molar-refractivity contribution in [2.45, 2.75) is 31.5 Å². The van der Waals surface area contributed by atoms with E-state index in [1.807, 2.05) is 5.32 Å². The van der Waals surface area contributed by atoms with Crippen LogP contribution in [0, 0.1) is 0 Å². The molecule has 0 aromatic heterocycles. The number of halogens is 3. The molecule has 0 aliphatic carbocycles. The Balaban J connectivity index is 3.83. The molecule has 0 aromatic carbocycles. The molecule has 2 N–H and O–H groups in total. The second-order valence-corrected chi connectivity index (χ2v) is 2.68. The molecule has 0 spiro atoms. The van der Waals surface area contributed by atoms with Gasteiger partial charge in [-0.25, -0.2) is 4.79 Å². The van der Waals surface area contributed by atoms with Gasteiger partial charge in [0.25, 0.3) is 0 Å². The van der Waals surface area contributed by atoms with Gasteiger partial charge in [-0.05, 0) is 12.8 Å². The van der Waals surface area contributed by atoms with Crippen LogP contribution in [0.25, 0.3) is 0 Å². The minimum atomic E-state index is -4.29. The number of carboxylic acid groups (broad SMARTS) is 1. The molecule has 82 valence electrons. The van der Waals surface area contributed by atoms with Crippen molar-refractivity contribution in [1.82, 2.24) is 5.32 Å². The average Bonchev–Trinajstić information content (AvgIpc) is 2.00. The standard InChI is InChI=1S/C7H10F3NO3/c8-7(9,10)3-1-2-5(6(13)14)11-4-12/h4-5H,1-3H2,(H,11,12)(H,13,14). The highest BCUT2D eigenvalue weighted by molar-refractivity contribution is 5.76. The van der Waals surface area contributed by atoms with Crippen molar-refractivity contribution in [3.05, 3.63) is 0 Å². The summed E-state index contributed by atoms with van der Waals surface area (Å²) in [6.07, 6.45) is -5.72. The largest absolute Gasteiger partial charge is 0.480 e. The normalized spacial score (nSPS) is 13.4. The molecule has 4 nitrogen and oxygen atoms in total. The molecule has 0 saturated carbocycles. The van der Waals surface area contributed by atoms with E-state index in [1.165, 1.54) is 0 Å². The zero-order valence-corrected chi connectivity index (χ0v) is 7.17. The summed E-state index contributed by atoms with van der Waals surface area (Å²) in [5, 5.41) is 10.4. The second kappa shape index (κ2) is 5.46. The molecular weight excluding hydrogens is 203 g/mol. The number of hydrogen-bond donors (Lipinski definition) is 2. The van der Waals surface area contributed by atoms with E-state index < -0.39 is 24.6 Å². The number of rotatable bonds is 6. The van der Waals surface area contributed by atoms with E-state index in [9.17, 15) is 22.8 Å². The second-order valence-electron chi connectivity index (χ2n) is 2.68. The van der Waals surface area contributed by atoms with E-state index >= 15 is 0 Å². The highest BCUT2D eigenvalue weighted by Gasteiger charge is 2.27. The minimum Gasteiger partial charge on any atom is -0.480 e. The molecule has 0 aliphatic heterocycles. The van der Waals surface area contributed by atoms with Crippen LogP contribution in [0.3, 0.4) is 0 Å². The van der Waals surface area contributed by atoms with E-state index in [4.69, 9.17) is 5.11 Å². The Morgan fingerprint density at radius 3 is 2.43 bits per heavy atom. The number of alkyl halides is 3. The maximum Gasteiger partial charge on any atom is 0.389 e. The van der Waals surface area contributed by atoms with Crippen molar-refractivity contribution in [2.75, 3.05) is 0 Å². The summed E-state index contributed by atoms with van der Waals surface area (Å²) in [6.45, 7) is 0. The number of aliphatic carboxylic acids is 1. The first-order valence-electron chi connectivity index (χ1n) is 3.86. The van der Waals surface area contributed by atoms with Crippen molar-refractivity contribution in [3.8, 4) is 0 Å². The first-order chi connectivity index (χ1) is 6.37. The molecule has 0 heterocycles. The topological polar surface area (TPSA) is 66.4 Å². The van der Waals surface area contributed by atoms with Crippen LogP contribution in [0.1, 0.15) is 19.3 Å².